The summed E-state index contributed by atoms with van der Waals surface area (Å²) >= 11 is 6.14. The summed E-state index contributed by atoms with van der Waals surface area (Å²) in [5.74, 6) is 0.579. The molecule has 5 nitrogen and oxygen atoms in total. The van der Waals surface area contributed by atoms with Gasteiger partial charge in [0.1, 0.15) is 5.75 Å². The first-order valence-electron chi connectivity index (χ1n) is 8.08. The zero-order valence-electron chi connectivity index (χ0n) is 13.9. The monoisotopic (exact) mass is 358 g/mol. The molecule has 3 rings (SSSR count). The predicted molar refractivity (Wildman–Crippen MR) is 97.1 cm³/mol. The Balaban J connectivity index is 1.65. The number of halogens is 1. The molecule has 130 valence electrons. The second kappa shape index (κ2) is 7.57. The van der Waals surface area contributed by atoms with Crippen LogP contribution in [-0.4, -0.2) is 30.4 Å². The molecule has 1 fully saturated rings. The largest absolute Gasteiger partial charge is 0.497 e. The average Bonchev–Trinajstić information content (AvgIpc) is 3.02. The molecule has 0 spiro atoms. The van der Waals surface area contributed by atoms with Crippen LogP contribution in [0, 0.1) is 0 Å². The van der Waals surface area contributed by atoms with E-state index in [2.05, 4.69) is 5.32 Å². The fraction of sp³-hybridized carbons (Fsp3) is 0.263. The Morgan fingerprint density at radius 1 is 1.24 bits per heavy atom. The Labute approximate surface area is 151 Å². The van der Waals surface area contributed by atoms with Crippen LogP contribution in [-0.2, 0) is 11.3 Å². The third-order valence-corrected chi connectivity index (χ3v) is 4.50. The van der Waals surface area contributed by atoms with E-state index in [1.54, 1.807) is 37.4 Å². The van der Waals surface area contributed by atoms with E-state index in [-0.39, 0.29) is 11.8 Å². The number of ether oxygens (including phenoxy) is 1. The van der Waals surface area contributed by atoms with Gasteiger partial charge in [-0.05, 0) is 36.2 Å². The van der Waals surface area contributed by atoms with Crippen molar-refractivity contribution in [2.24, 2.45) is 0 Å². The number of carbonyl (C=O) groups excluding carboxylic acids is 2. The number of rotatable bonds is 5. The van der Waals surface area contributed by atoms with Crippen LogP contribution in [0.1, 0.15) is 28.8 Å². The van der Waals surface area contributed by atoms with Gasteiger partial charge in [-0.25, -0.2) is 0 Å². The first-order valence-corrected chi connectivity index (χ1v) is 8.46. The number of nitrogens with zero attached hydrogens (tertiary/aromatic N) is 1. The Morgan fingerprint density at radius 2 is 2.00 bits per heavy atom. The van der Waals surface area contributed by atoms with Gasteiger partial charge in [-0.1, -0.05) is 23.7 Å². The van der Waals surface area contributed by atoms with Gasteiger partial charge in [0.2, 0.25) is 5.91 Å². The van der Waals surface area contributed by atoms with Crippen LogP contribution in [0.4, 0.5) is 5.69 Å². The van der Waals surface area contributed by atoms with E-state index in [1.165, 1.54) is 0 Å². The molecule has 0 atom stereocenters. The van der Waals surface area contributed by atoms with Crippen molar-refractivity contribution >= 4 is 29.1 Å². The molecule has 1 aliphatic heterocycles. The zero-order chi connectivity index (χ0) is 17.8. The van der Waals surface area contributed by atoms with Crippen molar-refractivity contribution in [2.45, 2.75) is 19.4 Å². The number of nitrogens with one attached hydrogen (secondary N) is 1. The highest BCUT2D eigenvalue weighted by molar-refractivity contribution is 6.34. The lowest BCUT2D eigenvalue weighted by atomic mass is 10.1. The maximum Gasteiger partial charge on any atom is 0.255 e. The summed E-state index contributed by atoms with van der Waals surface area (Å²) in [6.45, 7) is 1.39. The number of hydrogen-bond donors (Lipinski definition) is 1. The molecule has 1 heterocycles. The maximum absolute atomic E-state index is 12.4. The predicted octanol–water partition coefficient (Wildman–Crippen LogP) is 3.72. The number of benzene rings is 2. The van der Waals surface area contributed by atoms with Gasteiger partial charge < -0.3 is 15.0 Å². The van der Waals surface area contributed by atoms with Crippen molar-refractivity contribution in [3.63, 3.8) is 0 Å². The molecule has 0 saturated carbocycles. The molecular formula is C19H19ClN2O3. The van der Waals surface area contributed by atoms with Crippen LogP contribution in [0.25, 0.3) is 0 Å². The van der Waals surface area contributed by atoms with Gasteiger partial charge in [0, 0.05) is 31.1 Å². The Bertz CT molecular complexity index is 790. The van der Waals surface area contributed by atoms with E-state index in [4.69, 9.17) is 16.3 Å². The van der Waals surface area contributed by atoms with Gasteiger partial charge in [0.05, 0.1) is 17.8 Å². The molecule has 0 radical (unpaired) electrons. The van der Waals surface area contributed by atoms with Crippen molar-refractivity contribution in [1.82, 2.24) is 4.90 Å². The normalized spacial score (nSPS) is 13.8. The minimum Gasteiger partial charge on any atom is -0.497 e. The van der Waals surface area contributed by atoms with E-state index in [0.29, 0.717) is 35.0 Å². The van der Waals surface area contributed by atoms with E-state index in [0.717, 1.165) is 18.5 Å². The lowest BCUT2D eigenvalue weighted by Crippen LogP contribution is -2.23. The Kier molecular flexibility index (Phi) is 5.24. The summed E-state index contributed by atoms with van der Waals surface area (Å²) in [6.07, 6.45) is 1.55. The van der Waals surface area contributed by atoms with Crippen LogP contribution in [0.2, 0.25) is 5.02 Å². The SMILES string of the molecule is COc1ccc(NC(=O)c2ccc(CN3CCCC3=O)cc2)c(Cl)c1. The zero-order valence-corrected chi connectivity index (χ0v) is 14.7. The molecule has 1 saturated heterocycles. The lowest BCUT2D eigenvalue weighted by Gasteiger charge is -2.15. The highest BCUT2D eigenvalue weighted by Crippen LogP contribution is 2.27. The number of carbonyl (C=O) groups is 2. The molecule has 25 heavy (non-hydrogen) atoms. The molecule has 1 N–H and O–H groups in total. The molecule has 2 aromatic carbocycles. The van der Waals surface area contributed by atoms with Crippen molar-refractivity contribution in [2.75, 3.05) is 19.0 Å². The maximum atomic E-state index is 12.4. The van der Waals surface area contributed by atoms with Gasteiger partial charge in [-0.3, -0.25) is 9.59 Å². The Hall–Kier alpha value is -2.53. The summed E-state index contributed by atoms with van der Waals surface area (Å²) < 4.78 is 5.09. The van der Waals surface area contributed by atoms with E-state index in [1.807, 2.05) is 17.0 Å². The summed E-state index contributed by atoms with van der Waals surface area (Å²) in [4.78, 5) is 25.9. The molecule has 1 aliphatic rings. The molecule has 2 amide bonds. The molecular weight excluding hydrogens is 340 g/mol. The highest BCUT2D eigenvalue weighted by atomic mass is 35.5. The number of likely N-dealkylation sites (tertiary alicyclic amines) is 1. The third-order valence-electron chi connectivity index (χ3n) is 4.19. The van der Waals surface area contributed by atoms with E-state index < -0.39 is 0 Å². The van der Waals surface area contributed by atoms with Crippen LogP contribution >= 0.6 is 11.6 Å². The first kappa shape index (κ1) is 17.3. The van der Waals surface area contributed by atoms with Crippen LogP contribution < -0.4 is 10.1 Å². The second-order valence-electron chi connectivity index (χ2n) is 5.92. The van der Waals surface area contributed by atoms with E-state index >= 15 is 0 Å². The second-order valence-corrected chi connectivity index (χ2v) is 6.32. The Morgan fingerprint density at radius 3 is 2.60 bits per heavy atom. The van der Waals surface area contributed by atoms with E-state index in [9.17, 15) is 9.59 Å². The minimum atomic E-state index is -0.240. The minimum absolute atomic E-state index is 0.191. The molecule has 0 bridgehead atoms. The van der Waals surface area contributed by atoms with Crippen LogP contribution in [0.15, 0.2) is 42.5 Å². The van der Waals surface area contributed by atoms with Gasteiger partial charge >= 0.3 is 0 Å². The highest BCUT2D eigenvalue weighted by Gasteiger charge is 2.20. The smallest absolute Gasteiger partial charge is 0.255 e. The molecule has 6 heteroatoms. The van der Waals surface area contributed by atoms with Crippen molar-refractivity contribution in [3.8, 4) is 5.75 Å². The molecule has 2 aromatic rings. The third kappa shape index (κ3) is 4.12. The molecule has 0 aliphatic carbocycles. The quantitative estimate of drug-likeness (QED) is 0.886. The lowest BCUT2D eigenvalue weighted by molar-refractivity contribution is -0.128. The topological polar surface area (TPSA) is 58.6 Å². The summed E-state index contributed by atoms with van der Waals surface area (Å²) in [5, 5.41) is 3.20. The van der Waals surface area contributed by atoms with Gasteiger partial charge in [0.15, 0.2) is 0 Å². The fourth-order valence-corrected chi connectivity index (χ4v) is 2.99. The average molecular weight is 359 g/mol. The number of hydrogen-bond acceptors (Lipinski definition) is 3. The van der Waals surface area contributed by atoms with Gasteiger partial charge in [0.25, 0.3) is 5.91 Å². The first-order chi connectivity index (χ1) is 12.1. The number of methoxy groups -OCH3 is 1. The number of anilines is 1. The summed E-state index contributed by atoms with van der Waals surface area (Å²) in [7, 11) is 1.56. The van der Waals surface area contributed by atoms with Crippen molar-refractivity contribution in [3.05, 3.63) is 58.6 Å². The van der Waals surface area contributed by atoms with Gasteiger partial charge in [-0.2, -0.15) is 0 Å². The molecule has 0 unspecified atom stereocenters. The van der Waals surface area contributed by atoms with Crippen molar-refractivity contribution in [1.29, 1.82) is 0 Å². The summed E-state index contributed by atoms with van der Waals surface area (Å²) in [6, 6.07) is 12.3. The van der Waals surface area contributed by atoms with Gasteiger partial charge in [-0.15, -0.1) is 0 Å². The fourth-order valence-electron chi connectivity index (χ4n) is 2.77. The number of amides is 2. The van der Waals surface area contributed by atoms with Crippen LogP contribution in [0.3, 0.4) is 0 Å². The molecule has 0 aromatic heterocycles. The standard InChI is InChI=1S/C19H19ClN2O3/c1-25-15-8-9-17(16(20)11-15)21-19(24)14-6-4-13(5-7-14)12-22-10-2-3-18(22)23/h4-9,11H,2-3,10,12H2,1H3,(H,21,24). The summed E-state index contributed by atoms with van der Waals surface area (Å²) in [5.41, 5.74) is 2.07. The van der Waals surface area contributed by atoms with Crippen LogP contribution in [0.5, 0.6) is 5.75 Å². The van der Waals surface area contributed by atoms with Crippen molar-refractivity contribution < 1.29 is 14.3 Å².